The highest BCUT2D eigenvalue weighted by atomic mass is 16.6. The molecule has 0 bridgehead atoms. The van der Waals surface area contributed by atoms with E-state index in [0.717, 1.165) is 37.7 Å². The third-order valence-electron chi connectivity index (χ3n) is 6.66. The molecule has 1 aliphatic heterocycles. The predicted octanol–water partition coefficient (Wildman–Crippen LogP) is 4.66. The number of aliphatic imine (C=N–C) groups is 1. The van der Waals surface area contributed by atoms with Crippen molar-refractivity contribution in [2.45, 2.75) is 85.3 Å². The number of allylic oxidation sites excluding steroid dienone is 2. The van der Waals surface area contributed by atoms with Crippen molar-refractivity contribution >= 4 is 23.6 Å². The molecule has 34 heavy (non-hydrogen) atoms. The largest absolute Gasteiger partial charge is 0.466 e. The fourth-order valence-electron chi connectivity index (χ4n) is 4.66. The van der Waals surface area contributed by atoms with Gasteiger partial charge in [-0.05, 0) is 35.3 Å². The van der Waals surface area contributed by atoms with Crippen LogP contribution < -0.4 is 0 Å². The van der Waals surface area contributed by atoms with E-state index in [1.54, 1.807) is 6.08 Å². The second kappa shape index (κ2) is 9.16. The second-order valence-electron chi connectivity index (χ2n) is 11.3. The SMILES string of the molecule is COC(=O)C1=C(C(=O)OC)C2(C=C(C(C)(C)C)C=C(C(C)(C)C)C2=O)OC1=NC1CCCCC1. The Labute approximate surface area is 202 Å². The Morgan fingerprint density at radius 1 is 0.971 bits per heavy atom. The molecule has 7 nitrogen and oxygen atoms in total. The molecule has 1 spiro atoms. The van der Waals surface area contributed by atoms with E-state index in [2.05, 4.69) is 0 Å². The third kappa shape index (κ3) is 4.62. The number of Topliss-reactive ketones (excluding diaryl/α,β-unsaturated/α-hetero) is 1. The lowest BCUT2D eigenvalue weighted by atomic mass is 9.68. The lowest BCUT2D eigenvalue weighted by molar-refractivity contribution is -0.141. The zero-order valence-electron chi connectivity index (χ0n) is 21.7. The van der Waals surface area contributed by atoms with E-state index in [9.17, 15) is 14.4 Å². The van der Waals surface area contributed by atoms with Crippen molar-refractivity contribution in [2.75, 3.05) is 14.2 Å². The molecular weight excluding hydrogens is 434 g/mol. The Hall–Kier alpha value is -2.70. The highest BCUT2D eigenvalue weighted by Gasteiger charge is 2.59. The number of ketones is 1. The summed E-state index contributed by atoms with van der Waals surface area (Å²) in [6, 6.07) is -0.0557. The molecule has 0 aromatic carbocycles. The normalized spacial score (nSPS) is 25.3. The first kappa shape index (κ1) is 25.9. The van der Waals surface area contributed by atoms with Crippen LogP contribution in [0.5, 0.6) is 0 Å². The average molecular weight is 472 g/mol. The highest BCUT2D eigenvalue weighted by Crippen LogP contribution is 2.48. The number of carbonyl (C=O) groups excluding carboxylic acids is 3. The van der Waals surface area contributed by atoms with Crippen LogP contribution in [-0.4, -0.2) is 49.5 Å². The van der Waals surface area contributed by atoms with Crippen molar-refractivity contribution in [3.63, 3.8) is 0 Å². The Bertz CT molecular complexity index is 1010. The van der Waals surface area contributed by atoms with Crippen LogP contribution in [0.1, 0.15) is 73.6 Å². The van der Waals surface area contributed by atoms with E-state index in [1.807, 2.05) is 47.6 Å². The Kier molecular flexibility index (Phi) is 6.98. The van der Waals surface area contributed by atoms with Gasteiger partial charge in [0.1, 0.15) is 11.1 Å². The molecule has 0 N–H and O–H groups in total. The molecule has 0 amide bonds. The second-order valence-corrected chi connectivity index (χ2v) is 11.3. The summed E-state index contributed by atoms with van der Waals surface area (Å²) in [4.78, 5) is 45.0. The van der Waals surface area contributed by atoms with Gasteiger partial charge in [0, 0.05) is 5.57 Å². The van der Waals surface area contributed by atoms with Gasteiger partial charge in [-0.15, -0.1) is 0 Å². The summed E-state index contributed by atoms with van der Waals surface area (Å²) in [6.45, 7) is 11.9. The first-order valence-corrected chi connectivity index (χ1v) is 11.9. The molecule has 0 radical (unpaired) electrons. The molecule has 3 rings (SSSR count). The van der Waals surface area contributed by atoms with Gasteiger partial charge in [-0.1, -0.05) is 66.9 Å². The van der Waals surface area contributed by atoms with Crippen molar-refractivity contribution in [1.82, 2.24) is 0 Å². The smallest absolute Gasteiger partial charge is 0.344 e. The molecule has 0 aromatic heterocycles. The van der Waals surface area contributed by atoms with E-state index >= 15 is 0 Å². The number of hydrogen-bond donors (Lipinski definition) is 0. The van der Waals surface area contributed by atoms with Crippen molar-refractivity contribution in [3.8, 4) is 0 Å². The monoisotopic (exact) mass is 471 g/mol. The highest BCUT2D eigenvalue weighted by molar-refractivity contribution is 6.29. The number of carbonyl (C=O) groups is 3. The van der Waals surface area contributed by atoms with Gasteiger partial charge in [-0.25, -0.2) is 14.6 Å². The molecule has 1 heterocycles. The molecule has 3 aliphatic rings. The van der Waals surface area contributed by atoms with Crippen molar-refractivity contribution in [2.24, 2.45) is 15.8 Å². The zero-order chi connectivity index (χ0) is 25.5. The van der Waals surface area contributed by atoms with E-state index in [0.29, 0.717) is 5.57 Å². The van der Waals surface area contributed by atoms with Gasteiger partial charge in [0.2, 0.25) is 17.3 Å². The average Bonchev–Trinajstić information content (AvgIpc) is 3.07. The lowest BCUT2D eigenvalue weighted by Gasteiger charge is -2.38. The molecule has 186 valence electrons. The van der Waals surface area contributed by atoms with Crippen LogP contribution >= 0.6 is 0 Å². The first-order valence-electron chi connectivity index (χ1n) is 11.9. The maximum atomic E-state index is 14.1. The van der Waals surface area contributed by atoms with Gasteiger partial charge in [-0.3, -0.25) is 4.79 Å². The van der Waals surface area contributed by atoms with E-state index < -0.39 is 28.7 Å². The third-order valence-corrected chi connectivity index (χ3v) is 6.66. The van der Waals surface area contributed by atoms with Gasteiger partial charge in [0.05, 0.1) is 20.3 Å². The van der Waals surface area contributed by atoms with Crippen LogP contribution in [0, 0.1) is 10.8 Å². The summed E-state index contributed by atoms with van der Waals surface area (Å²) in [5.41, 5.74) is -1.71. The summed E-state index contributed by atoms with van der Waals surface area (Å²) >= 11 is 0. The topological polar surface area (TPSA) is 91.3 Å². The van der Waals surface area contributed by atoms with Crippen LogP contribution in [-0.2, 0) is 28.6 Å². The standard InChI is InChI=1S/C27H37NO6/c1-25(2,3)16-14-18(26(4,5)6)21(29)27(15-16)20(24(31)33-8)19(23(30)32-7)22(34-27)28-17-12-10-9-11-13-17/h14-15,17H,9-13H2,1-8H3. The number of methoxy groups -OCH3 is 2. The number of ether oxygens (including phenoxy) is 3. The molecule has 1 fully saturated rings. The van der Waals surface area contributed by atoms with E-state index in [-0.39, 0.29) is 28.5 Å². The first-order chi connectivity index (χ1) is 15.8. The van der Waals surface area contributed by atoms with Gasteiger partial charge in [0.15, 0.2) is 0 Å². The van der Waals surface area contributed by atoms with Crippen LogP contribution in [0.3, 0.4) is 0 Å². The lowest BCUT2D eigenvalue weighted by Crippen LogP contribution is -2.47. The minimum Gasteiger partial charge on any atom is -0.466 e. The molecule has 7 heteroatoms. The fourth-order valence-corrected chi connectivity index (χ4v) is 4.66. The predicted molar refractivity (Wildman–Crippen MR) is 129 cm³/mol. The van der Waals surface area contributed by atoms with Crippen molar-refractivity contribution in [3.05, 3.63) is 34.4 Å². The van der Waals surface area contributed by atoms with Crippen LogP contribution in [0.15, 0.2) is 39.4 Å². The minimum absolute atomic E-state index is 0.0211. The van der Waals surface area contributed by atoms with Gasteiger partial charge < -0.3 is 14.2 Å². The van der Waals surface area contributed by atoms with E-state index in [4.69, 9.17) is 19.2 Å². The van der Waals surface area contributed by atoms with Gasteiger partial charge >= 0.3 is 11.9 Å². The molecule has 1 saturated carbocycles. The number of hydrogen-bond acceptors (Lipinski definition) is 7. The maximum Gasteiger partial charge on any atom is 0.344 e. The molecule has 0 saturated heterocycles. The van der Waals surface area contributed by atoms with Gasteiger partial charge in [-0.2, -0.15) is 0 Å². The molecular formula is C27H37NO6. The quantitative estimate of drug-likeness (QED) is 0.556. The Morgan fingerprint density at radius 2 is 1.56 bits per heavy atom. The van der Waals surface area contributed by atoms with Crippen LogP contribution in [0.4, 0.5) is 0 Å². The van der Waals surface area contributed by atoms with Gasteiger partial charge in [0.25, 0.3) is 0 Å². The maximum absolute atomic E-state index is 14.1. The zero-order valence-corrected chi connectivity index (χ0v) is 21.7. The number of nitrogens with zero attached hydrogens (tertiary/aromatic N) is 1. The fraction of sp³-hybridized carbons (Fsp3) is 0.630. The summed E-state index contributed by atoms with van der Waals surface area (Å²) in [7, 11) is 2.45. The minimum atomic E-state index is -1.84. The molecule has 2 aliphatic carbocycles. The number of rotatable bonds is 3. The molecule has 1 atom stereocenters. The van der Waals surface area contributed by atoms with Crippen LogP contribution in [0.25, 0.3) is 0 Å². The van der Waals surface area contributed by atoms with E-state index in [1.165, 1.54) is 14.2 Å². The molecule has 1 unspecified atom stereocenters. The summed E-state index contributed by atoms with van der Waals surface area (Å²) in [5, 5.41) is 0. The summed E-state index contributed by atoms with van der Waals surface area (Å²) in [5.74, 6) is -2.02. The summed E-state index contributed by atoms with van der Waals surface area (Å²) < 4.78 is 16.4. The number of esters is 2. The Balaban J connectivity index is 2.34. The Morgan fingerprint density at radius 3 is 2.06 bits per heavy atom. The van der Waals surface area contributed by atoms with Crippen molar-refractivity contribution < 1.29 is 28.6 Å². The summed E-state index contributed by atoms with van der Waals surface area (Å²) in [6.07, 6.45) is 8.42. The van der Waals surface area contributed by atoms with Crippen molar-refractivity contribution in [1.29, 1.82) is 0 Å². The van der Waals surface area contributed by atoms with Crippen LogP contribution in [0.2, 0.25) is 0 Å². The molecule has 0 aromatic rings.